The molecule has 2 aliphatic heterocycles. The maximum Gasteiger partial charge on any atom is 0.254 e. The van der Waals surface area contributed by atoms with Crippen molar-refractivity contribution in [3.05, 3.63) is 70.8 Å². The molecule has 0 spiro atoms. The van der Waals surface area contributed by atoms with Gasteiger partial charge in [-0.15, -0.1) is 0 Å². The zero-order valence-corrected chi connectivity index (χ0v) is 21.3. The van der Waals surface area contributed by atoms with Crippen LogP contribution in [0.25, 0.3) is 0 Å². The SMILES string of the molecule is CC(C)(C)c1ccc(C(=O)N2CC3C(CNC(=O)c4ccc(C(=O)N5CCOCC5)cc4)C3C2)cc1. The number of fused-ring (bicyclic) bond motifs is 1. The average molecular weight is 490 g/mol. The van der Waals surface area contributed by atoms with Gasteiger partial charge in [0.05, 0.1) is 13.2 Å². The minimum absolute atomic E-state index is 0.0275. The second kappa shape index (κ2) is 9.69. The quantitative estimate of drug-likeness (QED) is 0.700. The smallest absolute Gasteiger partial charge is 0.254 e. The van der Waals surface area contributed by atoms with E-state index >= 15 is 0 Å². The molecule has 1 saturated carbocycles. The Balaban J connectivity index is 1.08. The lowest BCUT2D eigenvalue weighted by molar-refractivity contribution is 0.0303. The third kappa shape index (κ3) is 5.03. The van der Waals surface area contributed by atoms with Gasteiger partial charge in [-0.3, -0.25) is 14.4 Å². The number of hydrogen-bond acceptors (Lipinski definition) is 4. The molecule has 7 heteroatoms. The summed E-state index contributed by atoms with van der Waals surface area (Å²) in [7, 11) is 0. The Morgan fingerprint density at radius 1 is 0.806 bits per heavy atom. The van der Waals surface area contributed by atoms with E-state index in [2.05, 4.69) is 26.1 Å². The summed E-state index contributed by atoms with van der Waals surface area (Å²) in [6.45, 7) is 10.9. The number of nitrogens with zero attached hydrogens (tertiary/aromatic N) is 2. The normalized spacial score (nSPS) is 23.2. The molecule has 3 amide bonds. The Morgan fingerprint density at radius 3 is 1.86 bits per heavy atom. The van der Waals surface area contributed by atoms with Gasteiger partial charge >= 0.3 is 0 Å². The fourth-order valence-electron chi connectivity index (χ4n) is 5.44. The van der Waals surface area contributed by atoms with Gasteiger partial charge < -0.3 is 19.9 Å². The van der Waals surface area contributed by atoms with Crippen molar-refractivity contribution in [3.63, 3.8) is 0 Å². The molecule has 3 aliphatic rings. The Labute approximate surface area is 212 Å². The molecule has 1 aliphatic carbocycles. The third-order valence-electron chi connectivity index (χ3n) is 7.85. The second-order valence-electron chi connectivity index (χ2n) is 11.2. The summed E-state index contributed by atoms with van der Waals surface area (Å²) in [6, 6.07) is 14.8. The largest absolute Gasteiger partial charge is 0.378 e. The highest BCUT2D eigenvalue weighted by Crippen LogP contribution is 2.51. The fraction of sp³-hybridized carbons (Fsp3) is 0.483. The topological polar surface area (TPSA) is 79.0 Å². The van der Waals surface area contributed by atoms with E-state index in [-0.39, 0.29) is 23.1 Å². The summed E-state index contributed by atoms with van der Waals surface area (Å²) in [4.78, 5) is 41.9. The lowest BCUT2D eigenvalue weighted by atomic mass is 9.86. The molecule has 190 valence electrons. The number of hydrogen-bond donors (Lipinski definition) is 1. The van der Waals surface area contributed by atoms with Crippen molar-refractivity contribution in [2.45, 2.75) is 26.2 Å². The van der Waals surface area contributed by atoms with Gasteiger partial charge in [-0.25, -0.2) is 0 Å². The van der Waals surface area contributed by atoms with E-state index in [1.807, 2.05) is 29.2 Å². The molecule has 2 aromatic rings. The van der Waals surface area contributed by atoms with E-state index in [0.717, 1.165) is 18.7 Å². The van der Waals surface area contributed by atoms with Gasteiger partial charge in [0.2, 0.25) is 0 Å². The van der Waals surface area contributed by atoms with Crippen LogP contribution in [0.3, 0.4) is 0 Å². The van der Waals surface area contributed by atoms with Crippen LogP contribution in [0.2, 0.25) is 0 Å². The number of ether oxygens (including phenoxy) is 1. The van der Waals surface area contributed by atoms with Crippen molar-refractivity contribution in [1.82, 2.24) is 15.1 Å². The maximum absolute atomic E-state index is 12.9. The van der Waals surface area contributed by atoms with Crippen LogP contribution in [0.15, 0.2) is 48.5 Å². The van der Waals surface area contributed by atoms with Crippen molar-refractivity contribution >= 4 is 17.7 Å². The number of benzene rings is 2. The summed E-state index contributed by atoms with van der Waals surface area (Å²) >= 11 is 0. The summed E-state index contributed by atoms with van der Waals surface area (Å²) in [5.74, 6) is 1.27. The number of nitrogens with one attached hydrogen (secondary N) is 1. The van der Waals surface area contributed by atoms with Gasteiger partial charge in [0.1, 0.15) is 0 Å². The van der Waals surface area contributed by atoms with Gasteiger partial charge in [0.25, 0.3) is 17.7 Å². The van der Waals surface area contributed by atoms with Gasteiger partial charge in [-0.05, 0) is 65.1 Å². The first-order valence-corrected chi connectivity index (χ1v) is 12.9. The van der Waals surface area contributed by atoms with E-state index < -0.39 is 0 Å². The van der Waals surface area contributed by atoms with Crippen LogP contribution in [0.1, 0.15) is 57.4 Å². The highest BCUT2D eigenvalue weighted by atomic mass is 16.5. The molecule has 7 nitrogen and oxygen atoms in total. The van der Waals surface area contributed by atoms with Gasteiger partial charge in [0, 0.05) is 49.4 Å². The summed E-state index contributed by atoms with van der Waals surface area (Å²) in [6.07, 6.45) is 0. The van der Waals surface area contributed by atoms with Gasteiger partial charge in [0.15, 0.2) is 0 Å². The highest BCUT2D eigenvalue weighted by molar-refractivity contribution is 5.98. The molecule has 2 unspecified atom stereocenters. The Hall–Kier alpha value is -3.19. The van der Waals surface area contributed by atoms with Crippen molar-refractivity contribution in [2.24, 2.45) is 17.8 Å². The molecular formula is C29H35N3O4. The minimum Gasteiger partial charge on any atom is -0.378 e. The highest BCUT2D eigenvalue weighted by Gasteiger charge is 2.56. The van der Waals surface area contributed by atoms with E-state index in [0.29, 0.717) is 61.7 Å². The maximum atomic E-state index is 12.9. The summed E-state index contributed by atoms with van der Waals surface area (Å²) in [5, 5.41) is 3.04. The standard InChI is InChI=1S/C29H35N3O4/c1-29(2,3)22-10-8-21(9-11-22)28(35)32-17-24-23(25(24)18-32)16-30-26(33)19-4-6-20(7-5-19)27(34)31-12-14-36-15-13-31/h4-11,23-25H,12-18H2,1-3H3,(H,30,33). The number of piperidine rings is 1. The van der Waals surface area contributed by atoms with Crippen molar-refractivity contribution in [1.29, 1.82) is 0 Å². The zero-order chi connectivity index (χ0) is 25.4. The van der Waals surface area contributed by atoms with Crippen molar-refractivity contribution < 1.29 is 19.1 Å². The molecule has 0 aromatic heterocycles. The molecule has 0 radical (unpaired) electrons. The van der Waals surface area contributed by atoms with Crippen LogP contribution in [0.5, 0.6) is 0 Å². The van der Waals surface area contributed by atoms with Crippen LogP contribution in [0, 0.1) is 17.8 Å². The lowest BCUT2D eigenvalue weighted by Gasteiger charge is -2.26. The molecule has 2 heterocycles. The van der Waals surface area contributed by atoms with Crippen molar-refractivity contribution in [3.8, 4) is 0 Å². The van der Waals surface area contributed by atoms with E-state index in [9.17, 15) is 14.4 Å². The lowest BCUT2D eigenvalue weighted by Crippen LogP contribution is -2.40. The third-order valence-corrected chi connectivity index (χ3v) is 7.85. The average Bonchev–Trinajstić information content (AvgIpc) is 3.34. The summed E-state index contributed by atoms with van der Waals surface area (Å²) in [5.41, 5.74) is 3.16. The van der Waals surface area contributed by atoms with Gasteiger partial charge in [-0.1, -0.05) is 32.9 Å². The second-order valence-corrected chi connectivity index (χ2v) is 11.2. The molecule has 36 heavy (non-hydrogen) atoms. The predicted molar refractivity (Wildman–Crippen MR) is 137 cm³/mol. The first-order valence-electron chi connectivity index (χ1n) is 12.9. The first kappa shape index (κ1) is 24.5. The zero-order valence-electron chi connectivity index (χ0n) is 21.3. The number of amides is 3. The van der Waals surface area contributed by atoms with Crippen LogP contribution >= 0.6 is 0 Å². The van der Waals surface area contributed by atoms with E-state index in [4.69, 9.17) is 4.74 Å². The number of carbonyl (C=O) groups excluding carboxylic acids is 3. The summed E-state index contributed by atoms with van der Waals surface area (Å²) < 4.78 is 5.30. The Kier molecular flexibility index (Phi) is 6.60. The predicted octanol–water partition coefficient (Wildman–Crippen LogP) is 3.20. The van der Waals surface area contributed by atoms with Crippen LogP contribution < -0.4 is 5.32 Å². The Morgan fingerprint density at radius 2 is 1.31 bits per heavy atom. The minimum atomic E-state index is -0.128. The van der Waals surface area contributed by atoms with E-state index in [1.165, 1.54) is 5.56 Å². The molecule has 2 saturated heterocycles. The van der Waals surface area contributed by atoms with Crippen LogP contribution in [0.4, 0.5) is 0 Å². The molecule has 2 atom stereocenters. The fourth-order valence-corrected chi connectivity index (χ4v) is 5.44. The molecule has 2 aromatic carbocycles. The number of rotatable bonds is 5. The molecule has 0 bridgehead atoms. The van der Waals surface area contributed by atoms with Gasteiger partial charge in [-0.2, -0.15) is 0 Å². The van der Waals surface area contributed by atoms with E-state index in [1.54, 1.807) is 29.2 Å². The number of carbonyl (C=O) groups is 3. The molecule has 1 N–H and O–H groups in total. The Bertz CT molecular complexity index is 1120. The van der Waals surface area contributed by atoms with Crippen LogP contribution in [-0.4, -0.2) is 73.5 Å². The number of morpholine rings is 1. The molecular weight excluding hydrogens is 454 g/mol. The van der Waals surface area contributed by atoms with Crippen LogP contribution in [-0.2, 0) is 10.2 Å². The monoisotopic (exact) mass is 489 g/mol. The number of likely N-dealkylation sites (tertiary alicyclic amines) is 1. The van der Waals surface area contributed by atoms with Crippen molar-refractivity contribution in [2.75, 3.05) is 45.9 Å². The first-order chi connectivity index (χ1) is 17.2. The molecule has 5 rings (SSSR count). The molecule has 3 fully saturated rings.